The minimum atomic E-state index is -0.488. The second-order valence-corrected chi connectivity index (χ2v) is 7.36. The molecule has 29 heavy (non-hydrogen) atoms. The maximum absolute atomic E-state index is 12.6. The summed E-state index contributed by atoms with van der Waals surface area (Å²) in [5.74, 6) is -0.0277. The fourth-order valence-electron chi connectivity index (χ4n) is 2.85. The number of Topliss-reactive ketones (excluding diaryl/α,β-unsaturated/α-hetero) is 1. The number of benzene rings is 3. The molecule has 0 spiro atoms. The number of ketones is 1. The van der Waals surface area contributed by atoms with Crippen LogP contribution in [0.3, 0.4) is 0 Å². The smallest absolute Gasteiger partial charge is 0.343 e. The molecule has 4 rings (SSSR count). The van der Waals surface area contributed by atoms with Gasteiger partial charge in [-0.25, -0.2) is 4.79 Å². The molecule has 3 aromatic carbocycles. The van der Waals surface area contributed by atoms with E-state index in [-0.39, 0.29) is 17.3 Å². The average Bonchev–Trinajstić information content (AvgIpc) is 2.99. The standard InChI is InChI=1S/C23H14Cl2O4/c1-13-2-4-14(5-3-13)23(27)28-17-8-9-18-20(12-17)29-21(22(18)26)10-15-6-7-16(24)11-19(15)25/h2-12H,1H3/b21-10-. The predicted molar refractivity (Wildman–Crippen MR) is 112 cm³/mol. The van der Waals surface area contributed by atoms with Crippen LogP contribution in [0.25, 0.3) is 6.08 Å². The molecule has 6 heteroatoms. The summed E-state index contributed by atoms with van der Waals surface area (Å²) in [6.45, 7) is 1.94. The Morgan fingerprint density at radius 3 is 2.48 bits per heavy atom. The van der Waals surface area contributed by atoms with Gasteiger partial charge in [-0.3, -0.25) is 4.79 Å². The highest BCUT2D eigenvalue weighted by molar-refractivity contribution is 6.35. The van der Waals surface area contributed by atoms with Crippen molar-refractivity contribution in [3.05, 3.63) is 98.7 Å². The van der Waals surface area contributed by atoms with Crippen molar-refractivity contribution in [1.29, 1.82) is 0 Å². The predicted octanol–water partition coefficient (Wildman–Crippen LogP) is 6.14. The van der Waals surface area contributed by atoms with E-state index in [0.29, 0.717) is 32.5 Å². The van der Waals surface area contributed by atoms with Gasteiger partial charge in [0.15, 0.2) is 5.76 Å². The van der Waals surface area contributed by atoms with Gasteiger partial charge in [-0.2, -0.15) is 0 Å². The molecule has 0 aliphatic carbocycles. The Morgan fingerprint density at radius 1 is 1.00 bits per heavy atom. The summed E-state index contributed by atoms with van der Waals surface area (Å²) in [6, 6.07) is 16.7. The lowest BCUT2D eigenvalue weighted by Gasteiger charge is -2.06. The Kier molecular flexibility index (Phi) is 5.14. The Hall–Kier alpha value is -3.08. The van der Waals surface area contributed by atoms with Gasteiger partial charge < -0.3 is 9.47 Å². The highest BCUT2D eigenvalue weighted by atomic mass is 35.5. The molecular formula is C23H14Cl2O4. The summed E-state index contributed by atoms with van der Waals surface area (Å²) < 4.78 is 11.1. The Morgan fingerprint density at radius 2 is 1.76 bits per heavy atom. The molecule has 0 unspecified atom stereocenters. The summed E-state index contributed by atoms with van der Waals surface area (Å²) in [7, 11) is 0. The van der Waals surface area contributed by atoms with Gasteiger partial charge in [0, 0.05) is 16.1 Å². The third kappa shape index (κ3) is 4.04. The quantitative estimate of drug-likeness (QED) is 0.288. The van der Waals surface area contributed by atoms with Crippen LogP contribution in [0.1, 0.15) is 31.8 Å². The van der Waals surface area contributed by atoms with Crippen molar-refractivity contribution in [2.24, 2.45) is 0 Å². The van der Waals surface area contributed by atoms with Crippen molar-refractivity contribution in [1.82, 2.24) is 0 Å². The van der Waals surface area contributed by atoms with Crippen LogP contribution in [0.4, 0.5) is 0 Å². The summed E-state index contributed by atoms with van der Waals surface area (Å²) in [6.07, 6.45) is 1.55. The van der Waals surface area contributed by atoms with E-state index in [1.807, 2.05) is 19.1 Å². The molecule has 3 aromatic rings. The van der Waals surface area contributed by atoms with E-state index in [9.17, 15) is 9.59 Å². The zero-order valence-corrected chi connectivity index (χ0v) is 16.8. The van der Waals surface area contributed by atoms with E-state index in [1.54, 1.807) is 48.5 Å². The molecule has 1 heterocycles. The van der Waals surface area contributed by atoms with E-state index in [2.05, 4.69) is 0 Å². The molecule has 0 saturated carbocycles. The van der Waals surface area contributed by atoms with Crippen LogP contribution in [0.5, 0.6) is 11.5 Å². The molecule has 4 nitrogen and oxygen atoms in total. The van der Waals surface area contributed by atoms with Crippen molar-refractivity contribution in [3.63, 3.8) is 0 Å². The number of halogens is 2. The lowest BCUT2D eigenvalue weighted by molar-refractivity contribution is 0.0734. The van der Waals surface area contributed by atoms with Crippen LogP contribution in [-0.2, 0) is 0 Å². The highest BCUT2D eigenvalue weighted by Crippen LogP contribution is 2.36. The van der Waals surface area contributed by atoms with Gasteiger partial charge in [-0.05, 0) is 55.0 Å². The topological polar surface area (TPSA) is 52.6 Å². The molecule has 1 aliphatic heterocycles. The minimum Gasteiger partial charge on any atom is -0.452 e. The molecule has 0 aromatic heterocycles. The highest BCUT2D eigenvalue weighted by Gasteiger charge is 2.28. The molecule has 144 valence electrons. The number of ether oxygens (including phenoxy) is 2. The SMILES string of the molecule is Cc1ccc(C(=O)Oc2ccc3c(c2)O/C(=C\c2ccc(Cl)cc2Cl)C3=O)cc1. The van der Waals surface area contributed by atoms with E-state index in [1.165, 1.54) is 6.07 Å². The number of carbonyl (C=O) groups excluding carboxylic acids is 2. The third-order valence-electron chi connectivity index (χ3n) is 4.39. The molecule has 0 saturated heterocycles. The fourth-order valence-corrected chi connectivity index (χ4v) is 3.31. The number of hydrogen-bond acceptors (Lipinski definition) is 4. The van der Waals surface area contributed by atoms with Gasteiger partial charge in [0.1, 0.15) is 11.5 Å². The number of carbonyl (C=O) groups is 2. The normalized spacial score (nSPS) is 13.9. The van der Waals surface area contributed by atoms with Crippen LogP contribution in [0, 0.1) is 6.92 Å². The summed E-state index contributed by atoms with van der Waals surface area (Å²) in [5, 5.41) is 0.907. The van der Waals surface area contributed by atoms with E-state index in [4.69, 9.17) is 32.7 Å². The number of hydrogen-bond donors (Lipinski definition) is 0. The molecule has 0 radical (unpaired) electrons. The van der Waals surface area contributed by atoms with E-state index < -0.39 is 5.97 Å². The number of fused-ring (bicyclic) bond motifs is 1. The summed E-state index contributed by atoms with van der Waals surface area (Å²) >= 11 is 12.1. The van der Waals surface area contributed by atoms with Crippen LogP contribution in [0.15, 0.2) is 66.4 Å². The first-order chi connectivity index (χ1) is 13.9. The zero-order chi connectivity index (χ0) is 20.5. The lowest BCUT2D eigenvalue weighted by Crippen LogP contribution is -2.08. The molecule has 0 atom stereocenters. The Labute approximate surface area is 177 Å². The largest absolute Gasteiger partial charge is 0.452 e. The van der Waals surface area contributed by atoms with Crippen molar-refractivity contribution >= 4 is 41.0 Å². The van der Waals surface area contributed by atoms with Gasteiger partial charge in [0.25, 0.3) is 0 Å². The molecule has 0 amide bonds. The van der Waals surface area contributed by atoms with Crippen molar-refractivity contribution in [2.45, 2.75) is 6.92 Å². The maximum atomic E-state index is 12.6. The van der Waals surface area contributed by atoms with Crippen molar-refractivity contribution < 1.29 is 19.1 Å². The zero-order valence-electron chi connectivity index (χ0n) is 15.2. The van der Waals surface area contributed by atoms with Crippen LogP contribution < -0.4 is 9.47 Å². The summed E-state index contributed by atoms with van der Waals surface area (Å²) in [4.78, 5) is 24.9. The number of rotatable bonds is 3. The first-order valence-corrected chi connectivity index (χ1v) is 9.48. The average molecular weight is 425 g/mol. The first kappa shape index (κ1) is 19.2. The lowest BCUT2D eigenvalue weighted by atomic mass is 10.1. The van der Waals surface area contributed by atoms with Gasteiger partial charge in [0.2, 0.25) is 5.78 Å². The van der Waals surface area contributed by atoms with Gasteiger partial charge in [-0.15, -0.1) is 0 Å². The number of esters is 1. The Bertz CT molecular complexity index is 1160. The Balaban J connectivity index is 1.56. The first-order valence-electron chi connectivity index (χ1n) is 8.73. The van der Waals surface area contributed by atoms with Crippen LogP contribution in [0.2, 0.25) is 10.0 Å². The van der Waals surface area contributed by atoms with Crippen LogP contribution in [-0.4, -0.2) is 11.8 Å². The summed E-state index contributed by atoms with van der Waals surface area (Å²) in [5.41, 5.74) is 2.48. The second kappa shape index (κ2) is 7.74. The second-order valence-electron chi connectivity index (χ2n) is 6.52. The number of aryl methyl sites for hydroxylation is 1. The van der Waals surface area contributed by atoms with Crippen molar-refractivity contribution in [2.75, 3.05) is 0 Å². The third-order valence-corrected chi connectivity index (χ3v) is 4.95. The fraction of sp³-hybridized carbons (Fsp3) is 0.0435. The van der Waals surface area contributed by atoms with Gasteiger partial charge >= 0.3 is 5.97 Å². The van der Waals surface area contributed by atoms with Crippen molar-refractivity contribution in [3.8, 4) is 11.5 Å². The van der Waals surface area contributed by atoms with Gasteiger partial charge in [0.05, 0.1) is 11.1 Å². The maximum Gasteiger partial charge on any atom is 0.343 e. The molecular weight excluding hydrogens is 411 g/mol. The molecule has 0 N–H and O–H groups in total. The molecule has 1 aliphatic rings. The molecule has 0 fully saturated rings. The van der Waals surface area contributed by atoms with E-state index >= 15 is 0 Å². The molecule has 0 bridgehead atoms. The monoisotopic (exact) mass is 424 g/mol. The van der Waals surface area contributed by atoms with Gasteiger partial charge in [-0.1, -0.05) is 47.0 Å². The number of allylic oxidation sites excluding steroid dienone is 1. The van der Waals surface area contributed by atoms with E-state index in [0.717, 1.165) is 5.56 Å². The van der Waals surface area contributed by atoms with Crippen LogP contribution >= 0.6 is 23.2 Å². The minimum absolute atomic E-state index is 0.131.